The number of halogens is 7. The predicted octanol–water partition coefficient (Wildman–Crippen LogP) is 6.63. The molecule has 1 aromatic rings. The molecule has 0 bridgehead atoms. The summed E-state index contributed by atoms with van der Waals surface area (Å²) in [5.74, 6) is -10.4. The van der Waals surface area contributed by atoms with Crippen molar-refractivity contribution in [2.45, 2.75) is 20.2 Å². The lowest BCUT2D eigenvalue weighted by Gasteiger charge is -2.12. The predicted molar refractivity (Wildman–Crippen MR) is 101 cm³/mol. The quantitative estimate of drug-likeness (QED) is 0.187. The minimum atomic E-state index is -2.80. The highest BCUT2D eigenvalue weighted by atomic mass is 35.5. The number of esters is 1. The van der Waals surface area contributed by atoms with E-state index in [1.165, 1.54) is 16.5 Å². The molecular formula is C21H15Cl2F5O2. The van der Waals surface area contributed by atoms with E-state index in [4.69, 9.17) is 23.2 Å². The lowest BCUT2D eigenvalue weighted by molar-refractivity contribution is -0.161. The van der Waals surface area contributed by atoms with E-state index in [0.29, 0.717) is 0 Å². The summed E-state index contributed by atoms with van der Waals surface area (Å²) in [5.41, 5.74) is -1.88. The molecule has 4 rings (SSSR count). The standard InChI is InChI=1S/C15H11Cl2F5O2.C6H4/c1-15(2)6(4-8(16)17)9(15)14(23)24-13(22)5-3-7(18)11(20)12(21)10(5)19;1-2-6-4-3-5(1)6/h3-4,6,9,13H,1-2H3;1-4H. The van der Waals surface area contributed by atoms with Crippen molar-refractivity contribution in [1.29, 1.82) is 0 Å². The number of ether oxygens (including phenoxy) is 1. The van der Waals surface area contributed by atoms with E-state index in [-0.39, 0.29) is 10.6 Å². The molecule has 1 saturated carbocycles. The minimum absolute atomic E-state index is 0.0890. The first-order valence-corrected chi connectivity index (χ1v) is 9.51. The van der Waals surface area contributed by atoms with Crippen LogP contribution in [-0.4, -0.2) is 5.97 Å². The van der Waals surface area contributed by atoms with Crippen LogP contribution in [0.5, 0.6) is 0 Å². The van der Waals surface area contributed by atoms with Crippen molar-refractivity contribution in [3.63, 3.8) is 0 Å². The molecule has 0 N–H and O–H groups in total. The summed E-state index contributed by atoms with van der Waals surface area (Å²) in [7, 11) is 0. The second kappa shape index (κ2) is 8.19. The van der Waals surface area contributed by atoms with E-state index in [9.17, 15) is 26.7 Å². The van der Waals surface area contributed by atoms with Crippen molar-refractivity contribution in [1.82, 2.24) is 0 Å². The van der Waals surface area contributed by atoms with Gasteiger partial charge in [-0.25, -0.2) is 17.6 Å². The van der Waals surface area contributed by atoms with Crippen molar-refractivity contribution < 1.29 is 31.5 Å². The molecule has 3 aliphatic carbocycles. The SMILES string of the molecule is CC1(C)C(C=C(Cl)Cl)C1C(=O)OC(F)c1cc(F)c(F)c(F)c1F.c1cc2ccc1=2. The van der Waals surface area contributed by atoms with E-state index < -0.39 is 58.4 Å². The molecule has 160 valence electrons. The molecule has 3 unspecified atom stereocenters. The zero-order chi connectivity index (χ0) is 22.4. The third kappa shape index (κ3) is 4.18. The highest BCUT2D eigenvalue weighted by Gasteiger charge is 2.62. The first kappa shape index (κ1) is 22.6. The molecule has 1 aromatic carbocycles. The molecule has 0 heterocycles. The summed E-state index contributed by atoms with van der Waals surface area (Å²) in [6, 6.07) is 8.58. The molecule has 9 heteroatoms. The van der Waals surface area contributed by atoms with Crippen molar-refractivity contribution in [3.8, 4) is 0 Å². The van der Waals surface area contributed by atoms with Gasteiger partial charge in [-0.1, -0.05) is 61.3 Å². The summed E-state index contributed by atoms with van der Waals surface area (Å²) in [4.78, 5) is 12.0. The molecule has 0 aromatic heterocycles. The zero-order valence-corrected chi connectivity index (χ0v) is 17.2. The van der Waals surface area contributed by atoms with Gasteiger partial charge in [0.05, 0.1) is 11.5 Å². The maximum atomic E-state index is 14.0. The monoisotopic (exact) mass is 464 g/mol. The Hall–Kier alpha value is -2.12. The van der Waals surface area contributed by atoms with Gasteiger partial charge in [0.15, 0.2) is 23.3 Å². The Morgan fingerprint density at radius 1 is 1.03 bits per heavy atom. The van der Waals surface area contributed by atoms with Crippen LogP contribution in [0.4, 0.5) is 22.0 Å². The maximum Gasteiger partial charge on any atom is 0.312 e. The molecule has 3 atom stereocenters. The number of hydrogen-bond acceptors (Lipinski definition) is 2. The number of rotatable bonds is 4. The summed E-state index contributed by atoms with van der Waals surface area (Å²) < 4.78 is 70.9. The Kier molecular flexibility index (Phi) is 6.16. The lowest BCUT2D eigenvalue weighted by atomic mass is 10.1. The number of benzene rings is 2. The van der Waals surface area contributed by atoms with Crippen LogP contribution in [0.1, 0.15) is 25.8 Å². The minimum Gasteiger partial charge on any atom is -0.426 e. The summed E-state index contributed by atoms with van der Waals surface area (Å²) in [6.07, 6.45) is -1.42. The van der Waals surface area contributed by atoms with E-state index in [0.717, 1.165) is 0 Å². The van der Waals surface area contributed by atoms with Gasteiger partial charge in [-0.15, -0.1) is 0 Å². The topological polar surface area (TPSA) is 26.3 Å². The van der Waals surface area contributed by atoms with Crippen LogP contribution in [0.2, 0.25) is 0 Å². The Bertz CT molecular complexity index is 1080. The van der Waals surface area contributed by atoms with Crippen LogP contribution in [0.15, 0.2) is 40.9 Å². The van der Waals surface area contributed by atoms with E-state index in [1.54, 1.807) is 13.8 Å². The van der Waals surface area contributed by atoms with Crippen molar-refractivity contribution in [2.75, 3.05) is 0 Å². The molecule has 3 aliphatic rings. The van der Waals surface area contributed by atoms with Crippen molar-refractivity contribution in [2.24, 2.45) is 17.3 Å². The fourth-order valence-electron chi connectivity index (χ4n) is 3.23. The molecule has 1 fully saturated rings. The van der Waals surface area contributed by atoms with Crippen LogP contribution in [0, 0.1) is 51.0 Å². The number of allylic oxidation sites excluding steroid dienone is 1. The third-order valence-electron chi connectivity index (χ3n) is 5.28. The Morgan fingerprint density at radius 3 is 2.00 bits per heavy atom. The largest absolute Gasteiger partial charge is 0.426 e. The summed E-state index contributed by atoms with van der Waals surface area (Å²) in [5, 5.41) is 2.85. The third-order valence-corrected chi connectivity index (χ3v) is 5.54. The molecule has 2 nitrogen and oxygen atoms in total. The highest BCUT2D eigenvalue weighted by Crippen LogP contribution is 2.60. The number of carbonyl (C=O) groups is 1. The summed E-state index contributed by atoms with van der Waals surface area (Å²) >= 11 is 11.0. The Labute approximate surface area is 178 Å². The molecule has 0 saturated heterocycles. The van der Waals surface area contributed by atoms with Crippen LogP contribution in [0.3, 0.4) is 0 Å². The first-order chi connectivity index (χ1) is 13.9. The fourth-order valence-corrected chi connectivity index (χ4v) is 3.50. The molecule has 0 aliphatic heterocycles. The lowest BCUT2D eigenvalue weighted by Crippen LogP contribution is -2.15. The van der Waals surface area contributed by atoms with Gasteiger partial charge in [-0.05, 0) is 33.9 Å². The molecule has 0 spiro atoms. The normalized spacial score (nSPS) is 20.4. The van der Waals surface area contributed by atoms with E-state index in [2.05, 4.69) is 29.0 Å². The average Bonchev–Trinajstić information content (AvgIpc) is 3.18. The van der Waals surface area contributed by atoms with E-state index in [1.807, 2.05) is 0 Å². The van der Waals surface area contributed by atoms with Crippen LogP contribution < -0.4 is 0 Å². The van der Waals surface area contributed by atoms with E-state index >= 15 is 0 Å². The van der Waals surface area contributed by atoms with Gasteiger partial charge < -0.3 is 4.74 Å². The van der Waals surface area contributed by atoms with Crippen LogP contribution in [0.25, 0.3) is 0 Å². The fraction of sp³-hybridized carbons (Fsp3) is 0.286. The smallest absolute Gasteiger partial charge is 0.312 e. The zero-order valence-electron chi connectivity index (χ0n) is 15.7. The van der Waals surface area contributed by atoms with Crippen LogP contribution in [-0.2, 0) is 9.53 Å². The van der Waals surface area contributed by atoms with Gasteiger partial charge in [0, 0.05) is 0 Å². The number of alkyl halides is 1. The Morgan fingerprint density at radius 2 is 1.57 bits per heavy atom. The maximum absolute atomic E-state index is 14.0. The van der Waals surface area contributed by atoms with Gasteiger partial charge in [-0.3, -0.25) is 4.79 Å². The molecule has 0 amide bonds. The van der Waals surface area contributed by atoms with Crippen molar-refractivity contribution in [3.05, 3.63) is 80.2 Å². The second-order valence-electron chi connectivity index (χ2n) is 7.50. The van der Waals surface area contributed by atoms with Gasteiger partial charge in [-0.2, -0.15) is 4.39 Å². The Balaban J connectivity index is 0.000000357. The van der Waals surface area contributed by atoms with Gasteiger partial charge >= 0.3 is 5.97 Å². The molecule has 0 radical (unpaired) electrons. The van der Waals surface area contributed by atoms with Gasteiger partial charge in [0.1, 0.15) is 4.49 Å². The molecule has 30 heavy (non-hydrogen) atoms. The van der Waals surface area contributed by atoms with Crippen LogP contribution >= 0.6 is 23.2 Å². The van der Waals surface area contributed by atoms with Crippen molar-refractivity contribution >= 4 is 29.2 Å². The molecular weight excluding hydrogens is 450 g/mol. The summed E-state index contributed by atoms with van der Waals surface area (Å²) in [6.45, 7) is 3.34. The number of hydrogen-bond donors (Lipinski definition) is 0. The average molecular weight is 465 g/mol. The van der Waals surface area contributed by atoms with Gasteiger partial charge in [0.2, 0.25) is 0 Å². The van der Waals surface area contributed by atoms with Gasteiger partial charge in [0.25, 0.3) is 6.36 Å². The number of carbonyl (C=O) groups excluding carboxylic acids is 1. The second-order valence-corrected chi connectivity index (χ2v) is 8.51. The highest BCUT2D eigenvalue weighted by molar-refractivity contribution is 6.55. The first-order valence-electron chi connectivity index (χ1n) is 8.75.